The number of anilines is 1. The number of nitrogens with zero attached hydrogens (tertiary/aromatic N) is 3. The molecule has 4 rings (SSSR count). The minimum atomic E-state index is -0.747. The molecule has 6 atom stereocenters. The highest BCUT2D eigenvalue weighted by Crippen LogP contribution is 2.72. The van der Waals surface area contributed by atoms with Gasteiger partial charge in [-0.25, -0.2) is 0 Å². The van der Waals surface area contributed by atoms with Crippen molar-refractivity contribution in [2.45, 2.75) is 68.2 Å². The van der Waals surface area contributed by atoms with Crippen LogP contribution in [0, 0.1) is 11.8 Å². The minimum Gasteiger partial charge on any atom is -0.394 e. The Hall–Kier alpha value is -2.58. The third-order valence-corrected chi connectivity index (χ3v) is 10.3. The van der Waals surface area contributed by atoms with Crippen LogP contribution in [0.1, 0.15) is 40.5 Å². The van der Waals surface area contributed by atoms with Gasteiger partial charge >= 0.3 is 0 Å². The molecule has 3 heterocycles. The molecule has 1 aromatic carbocycles. The number of hydrogen-bond acceptors (Lipinski definition) is 5. The van der Waals surface area contributed by atoms with Crippen LogP contribution in [0.15, 0.2) is 55.6 Å². The van der Waals surface area contributed by atoms with Crippen LogP contribution in [0.2, 0.25) is 0 Å². The van der Waals surface area contributed by atoms with Gasteiger partial charge in [0.1, 0.15) is 6.04 Å². The lowest BCUT2D eigenvalue weighted by Crippen LogP contribution is -2.58. The van der Waals surface area contributed by atoms with Crippen molar-refractivity contribution in [1.29, 1.82) is 0 Å². The molecule has 3 amide bonds. The van der Waals surface area contributed by atoms with Gasteiger partial charge in [-0.05, 0) is 52.7 Å². The van der Waals surface area contributed by atoms with E-state index in [1.54, 1.807) is 45.5 Å². The number of amides is 3. The number of carbonyl (C=O) groups is 3. The van der Waals surface area contributed by atoms with E-state index in [0.29, 0.717) is 19.5 Å². The van der Waals surface area contributed by atoms with E-state index in [0.717, 1.165) is 12.1 Å². The summed E-state index contributed by atoms with van der Waals surface area (Å²) in [7, 11) is 0. The molecule has 0 radical (unpaired) electrons. The predicted molar refractivity (Wildman–Crippen MR) is 148 cm³/mol. The van der Waals surface area contributed by atoms with Gasteiger partial charge in [-0.3, -0.25) is 14.4 Å². The van der Waals surface area contributed by atoms with E-state index < -0.39 is 33.4 Å². The van der Waals surface area contributed by atoms with Crippen molar-refractivity contribution in [2.24, 2.45) is 11.8 Å². The first kappa shape index (κ1) is 27.5. The van der Waals surface area contributed by atoms with Crippen molar-refractivity contribution in [3.05, 3.63) is 55.6 Å². The fourth-order valence-corrected chi connectivity index (χ4v) is 8.99. The van der Waals surface area contributed by atoms with Crippen molar-refractivity contribution in [2.75, 3.05) is 24.6 Å². The highest BCUT2D eigenvalue weighted by Gasteiger charge is 2.78. The summed E-state index contributed by atoms with van der Waals surface area (Å²) in [6.07, 6.45) is 4.81. The SMILES string of the molecule is C=CCN(C(=O)[C@H]1[C@H]2C(=O)N([C@H](C)CO)C(C(=O)N(CC=C)C(C)C)C23CC[C@]1(C)S3)c1ccccc1. The number of aliphatic hydroxyl groups excluding tert-OH is 1. The highest BCUT2D eigenvalue weighted by molar-refractivity contribution is 8.02. The number of likely N-dealkylation sites (tertiary alicyclic amines) is 1. The Morgan fingerprint density at radius 2 is 1.78 bits per heavy atom. The van der Waals surface area contributed by atoms with Gasteiger partial charge in [-0.1, -0.05) is 30.4 Å². The second-order valence-electron chi connectivity index (χ2n) is 11.0. The second-order valence-corrected chi connectivity index (χ2v) is 12.8. The van der Waals surface area contributed by atoms with Crippen molar-refractivity contribution >= 4 is 35.2 Å². The molecule has 3 saturated heterocycles. The number of aliphatic hydroxyl groups is 1. The molecule has 0 saturated carbocycles. The molecule has 2 bridgehead atoms. The summed E-state index contributed by atoms with van der Waals surface area (Å²) in [5.74, 6) is -1.68. The minimum absolute atomic E-state index is 0.0832. The molecule has 200 valence electrons. The Morgan fingerprint density at radius 1 is 1.14 bits per heavy atom. The summed E-state index contributed by atoms with van der Waals surface area (Å²) in [5.41, 5.74) is 0.758. The maximum atomic E-state index is 14.3. The molecule has 1 N–H and O–H groups in total. The maximum Gasteiger partial charge on any atom is 0.247 e. The highest BCUT2D eigenvalue weighted by atomic mass is 32.2. The van der Waals surface area contributed by atoms with Gasteiger partial charge in [0.15, 0.2) is 0 Å². The normalized spacial score (nSPS) is 30.8. The predicted octanol–water partition coefficient (Wildman–Crippen LogP) is 3.49. The van der Waals surface area contributed by atoms with E-state index in [9.17, 15) is 19.5 Å². The number of para-hydroxylation sites is 1. The Morgan fingerprint density at radius 3 is 2.35 bits per heavy atom. The van der Waals surface area contributed by atoms with E-state index in [1.807, 2.05) is 44.2 Å². The van der Waals surface area contributed by atoms with Crippen LogP contribution in [0.4, 0.5) is 5.69 Å². The lowest BCUT2D eigenvalue weighted by Gasteiger charge is -2.40. The van der Waals surface area contributed by atoms with Crippen molar-refractivity contribution < 1.29 is 19.5 Å². The molecule has 8 heteroatoms. The molecular weight excluding hydrogens is 486 g/mol. The molecule has 3 fully saturated rings. The smallest absolute Gasteiger partial charge is 0.247 e. The Kier molecular flexibility index (Phi) is 7.64. The van der Waals surface area contributed by atoms with Gasteiger partial charge in [-0.15, -0.1) is 24.9 Å². The first-order chi connectivity index (χ1) is 17.6. The van der Waals surface area contributed by atoms with E-state index in [2.05, 4.69) is 20.1 Å². The molecule has 37 heavy (non-hydrogen) atoms. The van der Waals surface area contributed by atoms with Gasteiger partial charge in [0.25, 0.3) is 0 Å². The van der Waals surface area contributed by atoms with E-state index >= 15 is 0 Å². The van der Waals surface area contributed by atoms with Crippen LogP contribution >= 0.6 is 11.8 Å². The van der Waals surface area contributed by atoms with Crippen molar-refractivity contribution in [3.8, 4) is 0 Å². The number of fused-ring (bicyclic) bond motifs is 1. The van der Waals surface area contributed by atoms with Crippen LogP contribution in [0.5, 0.6) is 0 Å². The standard InChI is InChI=1S/C29H39N3O4S/c1-7-16-30(19(3)4)27(36)24-29-15-14-28(6,37-29)22(23(29)26(35)32(24)20(5)18-33)25(34)31(17-8-2)21-12-10-9-11-13-21/h7-13,19-20,22-24,33H,1-2,14-18H2,3-6H3/t20-,22-,23+,24?,28+,29?/m1/s1. The van der Waals surface area contributed by atoms with Crippen LogP contribution in [-0.2, 0) is 14.4 Å². The summed E-state index contributed by atoms with van der Waals surface area (Å²) in [4.78, 5) is 47.8. The summed E-state index contributed by atoms with van der Waals surface area (Å²) in [6.45, 7) is 15.9. The third kappa shape index (κ3) is 4.22. The average Bonchev–Trinajstić information content (AvgIpc) is 3.45. The van der Waals surface area contributed by atoms with Crippen LogP contribution in [0.3, 0.4) is 0 Å². The molecule has 7 nitrogen and oxygen atoms in total. The molecule has 3 aliphatic heterocycles. The number of rotatable bonds is 10. The fourth-order valence-electron chi connectivity index (χ4n) is 6.66. The third-order valence-electron chi connectivity index (χ3n) is 8.33. The lowest BCUT2D eigenvalue weighted by atomic mass is 9.66. The second kappa shape index (κ2) is 10.3. The van der Waals surface area contributed by atoms with Crippen LogP contribution in [-0.4, -0.2) is 79.9 Å². The molecule has 1 aromatic rings. The zero-order valence-electron chi connectivity index (χ0n) is 22.3. The first-order valence-electron chi connectivity index (χ1n) is 13.1. The van der Waals surface area contributed by atoms with Gasteiger partial charge in [-0.2, -0.15) is 0 Å². The lowest BCUT2D eigenvalue weighted by molar-refractivity contribution is -0.146. The van der Waals surface area contributed by atoms with Gasteiger partial charge in [0.05, 0.1) is 29.2 Å². The van der Waals surface area contributed by atoms with Crippen molar-refractivity contribution in [3.63, 3.8) is 0 Å². The van der Waals surface area contributed by atoms with E-state index in [4.69, 9.17) is 0 Å². The monoisotopic (exact) mass is 525 g/mol. The quantitative estimate of drug-likeness (QED) is 0.473. The largest absolute Gasteiger partial charge is 0.394 e. The average molecular weight is 526 g/mol. The topological polar surface area (TPSA) is 81.2 Å². The molecular formula is C29H39N3O4S. The molecule has 3 aliphatic rings. The Labute approximate surface area is 224 Å². The first-order valence-corrected chi connectivity index (χ1v) is 13.9. The summed E-state index contributed by atoms with van der Waals surface area (Å²) in [6, 6.07) is 8.08. The zero-order valence-corrected chi connectivity index (χ0v) is 23.1. The van der Waals surface area contributed by atoms with Gasteiger partial charge < -0.3 is 19.8 Å². The van der Waals surface area contributed by atoms with Crippen LogP contribution in [0.25, 0.3) is 0 Å². The van der Waals surface area contributed by atoms with Gasteiger partial charge in [0.2, 0.25) is 17.7 Å². The molecule has 0 aromatic heterocycles. The number of benzene rings is 1. The summed E-state index contributed by atoms with van der Waals surface area (Å²) >= 11 is 1.65. The number of carbonyl (C=O) groups excluding carboxylic acids is 3. The fraction of sp³-hybridized carbons (Fsp3) is 0.552. The Bertz CT molecular complexity index is 1080. The maximum absolute atomic E-state index is 14.3. The van der Waals surface area contributed by atoms with Crippen molar-refractivity contribution in [1.82, 2.24) is 9.80 Å². The summed E-state index contributed by atoms with van der Waals surface area (Å²) in [5, 5.41) is 10.1. The van der Waals surface area contributed by atoms with Gasteiger partial charge in [0, 0.05) is 29.6 Å². The van der Waals surface area contributed by atoms with E-state index in [1.165, 1.54) is 0 Å². The number of thioether (sulfide) groups is 1. The molecule has 1 spiro atoms. The molecule has 2 unspecified atom stereocenters. The van der Waals surface area contributed by atoms with E-state index in [-0.39, 0.29) is 30.4 Å². The molecule has 0 aliphatic carbocycles. The van der Waals surface area contributed by atoms with Crippen LogP contribution < -0.4 is 4.90 Å². The Balaban J connectivity index is 1.82. The number of hydrogen-bond donors (Lipinski definition) is 1. The summed E-state index contributed by atoms with van der Waals surface area (Å²) < 4.78 is -1.20. The zero-order chi connectivity index (χ0) is 27.1.